The Balaban J connectivity index is 2.22. The molecule has 0 aliphatic carbocycles. The van der Waals surface area contributed by atoms with E-state index in [1.54, 1.807) is 37.3 Å². The number of esters is 1. The number of rotatable bonds is 5. The van der Waals surface area contributed by atoms with E-state index in [1.165, 1.54) is 23.9 Å². The Morgan fingerprint density at radius 3 is 2.48 bits per heavy atom. The van der Waals surface area contributed by atoms with Gasteiger partial charge in [-0.3, -0.25) is 10.1 Å². The van der Waals surface area contributed by atoms with Crippen molar-refractivity contribution in [1.29, 1.82) is 5.26 Å². The van der Waals surface area contributed by atoms with Crippen LogP contribution in [-0.2, 0) is 4.74 Å². The van der Waals surface area contributed by atoms with Crippen LogP contribution < -0.4 is 0 Å². The maximum absolute atomic E-state index is 11.8. The summed E-state index contributed by atoms with van der Waals surface area (Å²) in [4.78, 5) is 23.5. The maximum atomic E-state index is 11.8. The van der Waals surface area contributed by atoms with E-state index in [2.05, 4.69) is 0 Å². The maximum Gasteiger partial charge on any atom is 0.339 e. The number of nitrogens with zero attached hydrogens (tertiary/aromatic N) is 2. The minimum absolute atomic E-state index is 0.0183. The van der Waals surface area contributed by atoms with Gasteiger partial charge >= 0.3 is 5.97 Å². The Hall–Kier alpha value is -2.85. The molecule has 0 fully saturated rings. The molecule has 23 heavy (non-hydrogen) atoms. The summed E-state index contributed by atoms with van der Waals surface area (Å²) >= 11 is 1.35. The zero-order chi connectivity index (χ0) is 16.8. The fourth-order valence-corrected chi connectivity index (χ4v) is 2.70. The number of non-ortho nitro benzene ring substituents is 1. The summed E-state index contributed by atoms with van der Waals surface area (Å²) in [5.41, 5.74) is 0.475. The summed E-state index contributed by atoms with van der Waals surface area (Å²) in [6.45, 7) is 1.94. The lowest BCUT2D eigenvalue weighted by Gasteiger charge is -2.06. The molecule has 0 spiro atoms. The van der Waals surface area contributed by atoms with E-state index in [1.807, 2.05) is 6.07 Å². The predicted octanol–water partition coefficient (Wildman–Crippen LogP) is 3.79. The monoisotopic (exact) mass is 328 g/mol. The minimum Gasteiger partial charge on any atom is -0.462 e. The summed E-state index contributed by atoms with van der Waals surface area (Å²) < 4.78 is 4.90. The van der Waals surface area contributed by atoms with Crippen LogP contribution in [0.1, 0.15) is 22.8 Å². The Morgan fingerprint density at radius 2 is 1.91 bits per heavy atom. The van der Waals surface area contributed by atoms with Crippen LogP contribution in [0.5, 0.6) is 0 Å². The van der Waals surface area contributed by atoms with Crippen molar-refractivity contribution in [2.24, 2.45) is 0 Å². The first-order chi connectivity index (χ1) is 11.0. The SMILES string of the molecule is CCOC(=O)c1ccc(Sc2ccc([N+](=O)[O-])cc2)cc1C#N. The zero-order valence-electron chi connectivity index (χ0n) is 12.2. The van der Waals surface area contributed by atoms with Crippen LogP contribution in [0.15, 0.2) is 52.3 Å². The average molecular weight is 328 g/mol. The van der Waals surface area contributed by atoms with E-state index >= 15 is 0 Å². The third-order valence-electron chi connectivity index (χ3n) is 2.89. The molecule has 0 atom stereocenters. The molecule has 0 aromatic heterocycles. The molecule has 0 heterocycles. The smallest absolute Gasteiger partial charge is 0.339 e. The molecule has 2 aromatic rings. The molecule has 0 bridgehead atoms. The minimum atomic E-state index is -0.532. The van der Waals surface area contributed by atoms with Gasteiger partial charge in [-0.15, -0.1) is 0 Å². The van der Waals surface area contributed by atoms with Gasteiger partial charge in [-0.25, -0.2) is 4.79 Å². The summed E-state index contributed by atoms with van der Waals surface area (Å²) in [5.74, 6) is -0.532. The molecule has 7 heteroatoms. The zero-order valence-corrected chi connectivity index (χ0v) is 13.0. The average Bonchev–Trinajstić information content (AvgIpc) is 2.55. The molecular weight excluding hydrogens is 316 g/mol. The fourth-order valence-electron chi connectivity index (χ4n) is 1.84. The third-order valence-corrected chi connectivity index (χ3v) is 3.89. The number of nitriles is 1. The molecule has 116 valence electrons. The molecule has 0 saturated carbocycles. The Kier molecular flexibility index (Phi) is 5.33. The van der Waals surface area contributed by atoms with Gasteiger partial charge in [0.2, 0.25) is 0 Å². The second-order valence-electron chi connectivity index (χ2n) is 4.39. The summed E-state index contributed by atoms with van der Waals surface area (Å²) in [6.07, 6.45) is 0. The van der Waals surface area contributed by atoms with E-state index in [0.29, 0.717) is 0 Å². The largest absolute Gasteiger partial charge is 0.462 e. The third kappa shape index (κ3) is 4.08. The van der Waals surface area contributed by atoms with E-state index in [9.17, 15) is 20.2 Å². The van der Waals surface area contributed by atoms with Gasteiger partial charge in [0.25, 0.3) is 5.69 Å². The van der Waals surface area contributed by atoms with Gasteiger partial charge in [0, 0.05) is 21.9 Å². The van der Waals surface area contributed by atoms with E-state index in [4.69, 9.17) is 4.74 Å². The van der Waals surface area contributed by atoms with Gasteiger partial charge in [-0.05, 0) is 37.3 Å². The molecule has 0 radical (unpaired) electrons. The number of nitro benzene ring substituents is 1. The molecule has 0 unspecified atom stereocenters. The first-order valence-corrected chi connectivity index (χ1v) is 7.50. The van der Waals surface area contributed by atoms with Crippen LogP contribution in [0, 0.1) is 21.4 Å². The van der Waals surface area contributed by atoms with Crippen LogP contribution in [0.2, 0.25) is 0 Å². The molecule has 2 rings (SSSR count). The lowest BCUT2D eigenvalue weighted by Crippen LogP contribution is -2.06. The standard InChI is InChI=1S/C16H12N2O4S/c1-2-22-16(19)15-8-7-14(9-11(15)10-17)23-13-5-3-12(4-6-13)18(20)21/h3-9H,2H2,1H3. The number of carbonyl (C=O) groups excluding carboxylic acids is 1. The van der Waals surface area contributed by atoms with Gasteiger partial charge < -0.3 is 4.74 Å². The number of nitro groups is 1. The summed E-state index contributed by atoms with van der Waals surface area (Å²) in [6, 6.07) is 12.9. The van der Waals surface area contributed by atoms with Crippen LogP contribution in [0.25, 0.3) is 0 Å². The van der Waals surface area contributed by atoms with Gasteiger partial charge in [0.05, 0.1) is 22.7 Å². The molecule has 0 aliphatic heterocycles. The molecule has 2 aromatic carbocycles. The van der Waals surface area contributed by atoms with Crippen molar-refractivity contribution >= 4 is 23.4 Å². The van der Waals surface area contributed by atoms with Crippen LogP contribution in [-0.4, -0.2) is 17.5 Å². The van der Waals surface area contributed by atoms with E-state index < -0.39 is 10.9 Å². The number of benzene rings is 2. The summed E-state index contributed by atoms with van der Waals surface area (Å²) in [5, 5.41) is 19.8. The van der Waals surface area contributed by atoms with Crippen molar-refractivity contribution in [2.45, 2.75) is 16.7 Å². The summed E-state index contributed by atoms with van der Waals surface area (Å²) in [7, 11) is 0. The van der Waals surface area contributed by atoms with E-state index in [0.717, 1.165) is 9.79 Å². The van der Waals surface area contributed by atoms with Crippen molar-refractivity contribution < 1.29 is 14.5 Å². The van der Waals surface area contributed by atoms with Crippen molar-refractivity contribution in [3.8, 4) is 6.07 Å². The van der Waals surface area contributed by atoms with E-state index in [-0.39, 0.29) is 23.4 Å². The first kappa shape index (κ1) is 16.5. The number of hydrogen-bond acceptors (Lipinski definition) is 6. The van der Waals surface area contributed by atoms with Crippen LogP contribution in [0.3, 0.4) is 0 Å². The van der Waals surface area contributed by atoms with Crippen molar-refractivity contribution in [3.63, 3.8) is 0 Å². The Labute approximate surface area is 136 Å². The fraction of sp³-hybridized carbons (Fsp3) is 0.125. The molecule has 0 amide bonds. The van der Waals surface area contributed by atoms with Gasteiger partial charge in [-0.1, -0.05) is 11.8 Å². The number of ether oxygens (including phenoxy) is 1. The topological polar surface area (TPSA) is 93.2 Å². The first-order valence-electron chi connectivity index (χ1n) is 6.68. The second kappa shape index (κ2) is 7.42. The molecule has 0 saturated heterocycles. The normalized spacial score (nSPS) is 9.91. The van der Waals surface area contributed by atoms with Crippen LogP contribution in [0.4, 0.5) is 5.69 Å². The Morgan fingerprint density at radius 1 is 1.26 bits per heavy atom. The molecule has 0 N–H and O–H groups in total. The number of hydrogen-bond donors (Lipinski definition) is 0. The molecular formula is C16H12N2O4S. The van der Waals surface area contributed by atoms with Gasteiger partial charge in [-0.2, -0.15) is 5.26 Å². The predicted molar refractivity (Wildman–Crippen MR) is 84.3 cm³/mol. The lowest BCUT2D eigenvalue weighted by atomic mass is 10.1. The highest BCUT2D eigenvalue weighted by molar-refractivity contribution is 7.99. The highest BCUT2D eigenvalue weighted by Gasteiger charge is 2.13. The molecule has 0 aliphatic rings. The van der Waals surface area contributed by atoms with Crippen molar-refractivity contribution in [3.05, 3.63) is 63.7 Å². The molecule has 6 nitrogen and oxygen atoms in total. The van der Waals surface area contributed by atoms with Crippen LogP contribution >= 0.6 is 11.8 Å². The highest BCUT2D eigenvalue weighted by atomic mass is 32.2. The second-order valence-corrected chi connectivity index (χ2v) is 5.54. The lowest BCUT2D eigenvalue weighted by molar-refractivity contribution is -0.384. The quantitative estimate of drug-likeness (QED) is 0.471. The van der Waals surface area contributed by atoms with Gasteiger partial charge in [0.15, 0.2) is 0 Å². The Bertz CT molecular complexity index is 782. The highest BCUT2D eigenvalue weighted by Crippen LogP contribution is 2.30. The van der Waals surface area contributed by atoms with Crippen molar-refractivity contribution in [1.82, 2.24) is 0 Å². The van der Waals surface area contributed by atoms with Crippen molar-refractivity contribution in [2.75, 3.05) is 6.61 Å². The van der Waals surface area contributed by atoms with Gasteiger partial charge in [0.1, 0.15) is 6.07 Å². The number of carbonyl (C=O) groups is 1.